The third-order valence-electron chi connectivity index (χ3n) is 7.20. The van der Waals surface area contributed by atoms with Crippen LogP contribution in [0.3, 0.4) is 0 Å². The van der Waals surface area contributed by atoms with Gasteiger partial charge in [0.1, 0.15) is 5.60 Å². The highest BCUT2D eigenvalue weighted by Crippen LogP contribution is 2.48. The van der Waals surface area contributed by atoms with Gasteiger partial charge in [-0.15, -0.1) is 0 Å². The zero-order valence-electron chi connectivity index (χ0n) is 18.6. The number of rotatable bonds is 4. The van der Waals surface area contributed by atoms with E-state index in [0.29, 0.717) is 0 Å². The number of hydrogen-bond acceptors (Lipinski definition) is 3. The Bertz CT molecular complexity index is 1020. The fraction of sp³-hybridized carbons (Fsp3) is 0.462. The van der Waals surface area contributed by atoms with Crippen LogP contribution in [0.1, 0.15) is 86.1 Å². The number of carboxylic acids is 1. The van der Waals surface area contributed by atoms with Crippen LogP contribution in [-0.2, 0) is 21.2 Å². The highest BCUT2D eigenvalue weighted by atomic mass is 16.5. The van der Waals surface area contributed by atoms with Crippen molar-refractivity contribution in [2.45, 2.75) is 69.8 Å². The van der Waals surface area contributed by atoms with Gasteiger partial charge in [0.2, 0.25) is 0 Å². The van der Waals surface area contributed by atoms with Crippen molar-refractivity contribution in [1.29, 1.82) is 0 Å². The van der Waals surface area contributed by atoms with Crippen molar-refractivity contribution < 1.29 is 14.6 Å². The number of benzene rings is 1. The lowest BCUT2D eigenvalue weighted by molar-refractivity contribution is 0.0254. The lowest BCUT2D eigenvalue weighted by Gasteiger charge is -2.42. The smallest absolute Gasteiger partial charge is 0.337 e. The van der Waals surface area contributed by atoms with E-state index in [0.717, 1.165) is 18.5 Å². The van der Waals surface area contributed by atoms with Gasteiger partial charge in [0.15, 0.2) is 0 Å². The first-order valence-corrected chi connectivity index (χ1v) is 10.7. The standard InChI is InChI=1S/C26H31NO3/c1-24(2)12-13-25(3,4)21-14-17(6-8-20(21)24)18-10-11-26(15-18,30-5)22-9-7-19(16-27-22)23(28)29/h6-9,14-16H,10-13H2,1-5H3,(H,28,29). The molecule has 0 aliphatic heterocycles. The fourth-order valence-electron chi connectivity index (χ4n) is 5.00. The van der Waals surface area contributed by atoms with Gasteiger partial charge in [-0.05, 0) is 77.0 Å². The second-order valence-electron chi connectivity index (χ2n) is 10.0. The minimum atomic E-state index is -0.970. The Hall–Kier alpha value is -2.46. The van der Waals surface area contributed by atoms with Crippen molar-refractivity contribution in [3.05, 3.63) is 70.6 Å². The SMILES string of the molecule is COC1(c2ccc(C(=O)O)cn2)C=C(c2ccc3c(c2)C(C)(C)CCC3(C)C)CC1. The number of aromatic carboxylic acids is 1. The molecular weight excluding hydrogens is 374 g/mol. The Morgan fingerprint density at radius 3 is 2.30 bits per heavy atom. The number of carbonyl (C=O) groups is 1. The van der Waals surface area contributed by atoms with Crippen molar-refractivity contribution in [3.63, 3.8) is 0 Å². The van der Waals surface area contributed by atoms with E-state index in [2.05, 4.69) is 57.0 Å². The number of carboxylic acid groups (broad SMARTS) is 1. The highest BCUT2D eigenvalue weighted by Gasteiger charge is 2.39. The Morgan fingerprint density at radius 1 is 1.00 bits per heavy atom. The number of pyridine rings is 1. The van der Waals surface area contributed by atoms with E-state index < -0.39 is 11.6 Å². The van der Waals surface area contributed by atoms with Crippen LogP contribution < -0.4 is 0 Å². The van der Waals surface area contributed by atoms with Crippen LogP contribution in [0, 0.1) is 0 Å². The van der Waals surface area contributed by atoms with Crippen LogP contribution in [-0.4, -0.2) is 23.2 Å². The molecule has 0 saturated heterocycles. The molecule has 2 aliphatic carbocycles. The summed E-state index contributed by atoms with van der Waals surface area (Å²) in [4.78, 5) is 15.6. The van der Waals surface area contributed by atoms with E-state index in [1.807, 2.05) is 0 Å². The molecule has 30 heavy (non-hydrogen) atoms. The van der Waals surface area contributed by atoms with E-state index in [9.17, 15) is 4.79 Å². The molecular formula is C26H31NO3. The molecule has 0 saturated carbocycles. The van der Waals surface area contributed by atoms with Crippen molar-refractivity contribution >= 4 is 11.5 Å². The van der Waals surface area contributed by atoms with Gasteiger partial charge < -0.3 is 9.84 Å². The first-order valence-electron chi connectivity index (χ1n) is 10.7. The summed E-state index contributed by atoms with van der Waals surface area (Å²) in [6, 6.07) is 10.3. The zero-order chi connectivity index (χ0) is 21.7. The number of aromatic nitrogens is 1. The minimum Gasteiger partial charge on any atom is -0.478 e. The quantitative estimate of drug-likeness (QED) is 0.693. The normalized spacial score (nSPS) is 24.2. The summed E-state index contributed by atoms with van der Waals surface area (Å²) in [5.41, 5.74) is 6.14. The lowest BCUT2D eigenvalue weighted by Crippen LogP contribution is -2.33. The Labute approximate surface area is 179 Å². The van der Waals surface area contributed by atoms with E-state index in [-0.39, 0.29) is 16.4 Å². The van der Waals surface area contributed by atoms with Gasteiger partial charge in [-0.2, -0.15) is 0 Å². The van der Waals surface area contributed by atoms with Crippen molar-refractivity contribution in [2.24, 2.45) is 0 Å². The van der Waals surface area contributed by atoms with Gasteiger partial charge in [0.05, 0.1) is 11.3 Å². The second kappa shape index (κ2) is 7.05. The third kappa shape index (κ3) is 3.37. The summed E-state index contributed by atoms with van der Waals surface area (Å²) in [6.07, 6.45) is 7.69. The topological polar surface area (TPSA) is 59.4 Å². The summed E-state index contributed by atoms with van der Waals surface area (Å²) >= 11 is 0. The molecule has 4 heteroatoms. The second-order valence-corrected chi connectivity index (χ2v) is 10.0. The molecule has 1 atom stereocenters. The maximum atomic E-state index is 11.2. The molecule has 158 valence electrons. The van der Waals surface area contributed by atoms with E-state index in [1.165, 1.54) is 41.3 Å². The summed E-state index contributed by atoms with van der Waals surface area (Å²) in [7, 11) is 1.70. The van der Waals surface area contributed by atoms with Crippen LogP contribution in [0.4, 0.5) is 0 Å². The zero-order valence-corrected chi connectivity index (χ0v) is 18.6. The monoisotopic (exact) mass is 405 g/mol. The highest BCUT2D eigenvalue weighted by molar-refractivity contribution is 5.87. The summed E-state index contributed by atoms with van der Waals surface area (Å²) < 4.78 is 5.94. The van der Waals surface area contributed by atoms with Crippen molar-refractivity contribution in [1.82, 2.24) is 4.98 Å². The van der Waals surface area contributed by atoms with Crippen LogP contribution in [0.15, 0.2) is 42.6 Å². The van der Waals surface area contributed by atoms with Gasteiger partial charge in [0.25, 0.3) is 0 Å². The molecule has 2 aromatic rings. The number of fused-ring (bicyclic) bond motifs is 1. The molecule has 0 fully saturated rings. The van der Waals surface area contributed by atoms with Gasteiger partial charge >= 0.3 is 5.97 Å². The molecule has 1 unspecified atom stereocenters. The van der Waals surface area contributed by atoms with Gasteiger partial charge in [0, 0.05) is 13.3 Å². The van der Waals surface area contributed by atoms with Gasteiger partial charge in [-0.25, -0.2) is 4.79 Å². The summed E-state index contributed by atoms with van der Waals surface area (Å²) in [5.74, 6) is -0.970. The van der Waals surface area contributed by atoms with Crippen molar-refractivity contribution in [3.8, 4) is 0 Å². The number of methoxy groups -OCH3 is 1. The Kier molecular flexibility index (Phi) is 4.89. The van der Waals surface area contributed by atoms with Crippen LogP contribution in [0.25, 0.3) is 5.57 Å². The third-order valence-corrected chi connectivity index (χ3v) is 7.20. The molecule has 0 bridgehead atoms. The summed E-state index contributed by atoms with van der Waals surface area (Å²) in [5, 5.41) is 9.15. The first kappa shape index (κ1) is 20.8. The number of allylic oxidation sites excluding steroid dienone is 1. The summed E-state index contributed by atoms with van der Waals surface area (Å²) in [6.45, 7) is 9.39. The molecule has 1 aromatic heterocycles. The first-order chi connectivity index (χ1) is 14.1. The van der Waals surface area contributed by atoms with Crippen LogP contribution in [0.5, 0.6) is 0 Å². The average molecular weight is 406 g/mol. The molecule has 0 radical (unpaired) electrons. The Morgan fingerprint density at radius 2 is 1.70 bits per heavy atom. The molecule has 4 rings (SSSR count). The minimum absolute atomic E-state index is 0.173. The van der Waals surface area contributed by atoms with E-state index in [4.69, 9.17) is 9.84 Å². The van der Waals surface area contributed by atoms with E-state index in [1.54, 1.807) is 19.2 Å². The molecule has 1 heterocycles. The van der Waals surface area contributed by atoms with Crippen LogP contribution >= 0.6 is 0 Å². The van der Waals surface area contributed by atoms with Crippen molar-refractivity contribution in [2.75, 3.05) is 7.11 Å². The number of ether oxygens (including phenoxy) is 1. The molecule has 4 nitrogen and oxygen atoms in total. The maximum Gasteiger partial charge on any atom is 0.337 e. The predicted octanol–water partition coefficient (Wildman–Crippen LogP) is 5.85. The molecule has 2 aliphatic rings. The molecule has 0 spiro atoms. The molecule has 1 aromatic carbocycles. The van der Waals surface area contributed by atoms with E-state index >= 15 is 0 Å². The van der Waals surface area contributed by atoms with Gasteiger partial charge in [-0.1, -0.05) is 45.9 Å². The molecule has 1 N–H and O–H groups in total. The largest absolute Gasteiger partial charge is 0.478 e. The Balaban J connectivity index is 1.73. The lowest BCUT2D eigenvalue weighted by atomic mass is 9.63. The predicted molar refractivity (Wildman–Crippen MR) is 119 cm³/mol. The fourth-order valence-corrected chi connectivity index (χ4v) is 5.00. The average Bonchev–Trinajstić information content (AvgIpc) is 3.17. The maximum absolute atomic E-state index is 11.2. The van der Waals surface area contributed by atoms with Crippen LogP contribution in [0.2, 0.25) is 0 Å². The number of nitrogens with zero attached hydrogens (tertiary/aromatic N) is 1. The molecule has 0 amide bonds. The number of hydrogen-bond donors (Lipinski definition) is 1. The van der Waals surface area contributed by atoms with Gasteiger partial charge in [-0.3, -0.25) is 4.98 Å².